The SMILES string of the molecule is CCCC(=O)NCCN(C(C)=O)c1ccc(OC(C)C)cc1. The summed E-state index contributed by atoms with van der Waals surface area (Å²) in [4.78, 5) is 24.9. The molecule has 122 valence electrons. The van der Waals surface area contributed by atoms with Gasteiger partial charge in [0.15, 0.2) is 0 Å². The molecule has 22 heavy (non-hydrogen) atoms. The second kappa shape index (κ2) is 9.07. The Morgan fingerprint density at radius 3 is 2.36 bits per heavy atom. The quantitative estimate of drug-likeness (QED) is 0.803. The van der Waals surface area contributed by atoms with Crippen LogP contribution in [-0.4, -0.2) is 31.0 Å². The van der Waals surface area contributed by atoms with E-state index in [1.165, 1.54) is 6.92 Å². The predicted molar refractivity (Wildman–Crippen MR) is 88.2 cm³/mol. The van der Waals surface area contributed by atoms with Gasteiger partial charge in [-0.1, -0.05) is 6.92 Å². The van der Waals surface area contributed by atoms with Crippen molar-refractivity contribution in [2.45, 2.75) is 46.6 Å². The molecule has 1 rings (SSSR count). The minimum Gasteiger partial charge on any atom is -0.491 e. The van der Waals surface area contributed by atoms with Crippen LogP contribution in [0.2, 0.25) is 0 Å². The Balaban J connectivity index is 2.63. The van der Waals surface area contributed by atoms with Gasteiger partial charge in [-0.2, -0.15) is 0 Å². The normalized spacial score (nSPS) is 10.4. The van der Waals surface area contributed by atoms with Crippen molar-refractivity contribution < 1.29 is 14.3 Å². The number of nitrogens with zero attached hydrogens (tertiary/aromatic N) is 1. The van der Waals surface area contributed by atoms with E-state index in [0.29, 0.717) is 19.5 Å². The van der Waals surface area contributed by atoms with Crippen molar-refractivity contribution in [2.24, 2.45) is 0 Å². The average Bonchev–Trinajstić information content (AvgIpc) is 2.44. The lowest BCUT2D eigenvalue weighted by Gasteiger charge is -2.22. The molecule has 0 bridgehead atoms. The highest BCUT2D eigenvalue weighted by Crippen LogP contribution is 2.20. The number of hydrogen-bond acceptors (Lipinski definition) is 3. The Morgan fingerprint density at radius 2 is 1.86 bits per heavy atom. The summed E-state index contributed by atoms with van der Waals surface area (Å²) in [5, 5.41) is 2.82. The lowest BCUT2D eigenvalue weighted by Crippen LogP contribution is -2.37. The molecule has 0 unspecified atom stereocenters. The van der Waals surface area contributed by atoms with Crippen molar-refractivity contribution in [1.29, 1.82) is 0 Å². The van der Waals surface area contributed by atoms with Crippen LogP contribution in [0, 0.1) is 0 Å². The second-order valence-corrected chi connectivity index (χ2v) is 5.43. The third-order valence-corrected chi connectivity index (χ3v) is 3.03. The molecule has 0 fully saturated rings. The van der Waals surface area contributed by atoms with Gasteiger partial charge in [-0.15, -0.1) is 0 Å². The maximum atomic E-state index is 11.8. The number of ether oxygens (including phenoxy) is 1. The molecule has 1 N–H and O–H groups in total. The summed E-state index contributed by atoms with van der Waals surface area (Å²) in [5.74, 6) is 0.743. The van der Waals surface area contributed by atoms with Crippen LogP contribution in [0.5, 0.6) is 5.75 Å². The van der Waals surface area contributed by atoms with Gasteiger partial charge in [-0.25, -0.2) is 0 Å². The molecule has 1 aromatic carbocycles. The lowest BCUT2D eigenvalue weighted by molar-refractivity contribution is -0.121. The van der Waals surface area contributed by atoms with Crippen LogP contribution in [0.1, 0.15) is 40.5 Å². The van der Waals surface area contributed by atoms with Crippen molar-refractivity contribution in [3.8, 4) is 5.75 Å². The fourth-order valence-corrected chi connectivity index (χ4v) is 2.07. The van der Waals surface area contributed by atoms with Gasteiger partial charge in [-0.05, 0) is 44.5 Å². The largest absolute Gasteiger partial charge is 0.491 e. The second-order valence-electron chi connectivity index (χ2n) is 5.43. The molecule has 0 saturated heterocycles. The van der Waals surface area contributed by atoms with Crippen molar-refractivity contribution in [2.75, 3.05) is 18.0 Å². The first-order valence-electron chi connectivity index (χ1n) is 7.75. The number of benzene rings is 1. The molecular formula is C17H26N2O3. The molecule has 0 radical (unpaired) electrons. The van der Waals surface area contributed by atoms with Crippen LogP contribution in [0.25, 0.3) is 0 Å². The standard InChI is InChI=1S/C17H26N2O3/c1-5-6-17(21)18-11-12-19(14(4)20)15-7-9-16(10-8-15)22-13(2)3/h7-10,13H,5-6,11-12H2,1-4H3,(H,18,21). The van der Waals surface area contributed by atoms with Gasteiger partial charge >= 0.3 is 0 Å². The minimum atomic E-state index is -0.0535. The van der Waals surface area contributed by atoms with E-state index < -0.39 is 0 Å². The number of carbonyl (C=O) groups is 2. The smallest absolute Gasteiger partial charge is 0.223 e. The molecule has 0 atom stereocenters. The number of carbonyl (C=O) groups excluding carboxylic acids is 2. The summed E-state index contributed by atoms with van der Waals surface area (Å²) >= 11 is 0. The Kier molecular flexibility index (Phi) is 7.43. The highest BCUT2D eigenvalue weighted by Gasteiger charge is 2.12. The van der Waals surface area contributed by atoms with Gasteiger partial charge in [0.2, 0.25) is 11.8 Å². The van der Waals surface area contributed by atoms with Crippen LogP contribution < -0.4 is 15.0 Å². The maximum Gasteiger partial charge on any atom is 0.223 e. The first-order valence-corrected chi connectivity index (χ1v) is 7.75. The monoisotopic (exact) mass is 306 g/mol. The molecule has 0 aliphatic rings. The molecule has 0 aromatic heterocycles. The molecule has 0 aliphatic carbocycles. The van der Waals surface area contributed by atoms with E-state index in [0.717, 1.165) is 17.9 Å². The zero-order valence-electron chi connectivity index (χ0n) is 13.9. The Labute approximate surface area is 132 Å². The van der Waals surface area contributed by atoms with Crippen LogP contribution in [0.3, 0.4) is 0 Å². The number of anilines is 1. The van der Waals surface area contributed by atoms with Crippen molar-refractivity contribution in [1.82, 2.24) is 5.32 Å². The first kappa shape index (κ1) is 18.0. The van der Waals surface area contributed by atoms with Crippen LogP contribution in [0.4, 0.5) is 5.69 Å². The summed E-state index contributed by atoms with van der Waals surface area (Å²) < 4.78 is 5.59. The highest BCUT2D eigenvalue weighted by atomic mass is 16.5. The van der Waals surface area contributed by atoms with E-state index in [2.05, 4.69) is 5.32 Å². The molecular weight excluding hydrogens is 280 g/mol. The van der Waals surface area contributed by atoms with Crippen LogP contribution in [-0.2, 0) is 9.59 Å². The number of hydrogen-bond donors (Lipinski definition) is 1. The number of rotatable bonds is 8. The van der Waals surface area contributed by atoms with Gasteiger partial charge in [0.05, 0.1) is 6.10 Å². The van der Waals surface area contributed by atoms with Gasteiger partial charge in [0.1, 0.15) is 5.75 Å². The number of nitrogens with one attached hydrogen (secondary N) is 1. The first-order chi connectivity index (χ1) is 10.4. The Morgan fingerprint density at radius 1 is 1.23 bits per heavy atom. The van der Waals surface area contributed by atoms with E-state index in [1.807, 2.05) is 45.0 Å². The Bertz CT molecular complexity index is 483. The molecule has 0 heterocycles. The average molecular weight is 306 g/mol. The zero-order chi connectivity index (χ0) is 16.5. The summed E-state index contributed by atoms with van der Waals surface area (Å²) in [6.07, 6.45) is 1.45. The van der Waals surface area contributed by atoms with E-state index in [-0.39, 0.29) is 17.9 Å². The predicted octanol–water partition coefficient (Wildman–Crippen LogP) is 2.74. The molecule has 2 amide bonds. The van der Waals surface area contributed by atoms with Crippen LogP contribution >= 0.6 is 0 Å². The van der Waals surface area contributed by atoms with Gasteiger partial charge in [0.25, 0.3) is 0 Å². The van der Waals surface area contributed by atoms with Crippen molar-refractivity contribution in [3.63, 3.8) is 0 Å². The third-order valence-electron chi connectivity index (χ3n) is 3.03. The minimum absolute atomic E-state index is 0.0201. The van der Waals surface area contributed by atoms with E-state index >= 15 is 0 Å². The van der Waals surface area contributed by atoms with Gasteiger partial charge < -0.3 is 15.0 Å². The van der Waals surface area contributed by atoms with Gasteiger partial charge in [0, 0.05) is 32.1 Å². The van der Waals surface area contributed by atoms with Crippen molar-refractivity contribution >= 4 is 17.5 Å². The summed E-state index contributed by atoms with van der Waals surface area (Å²) in [6, 6.07) is 7.40. The highest BCUT2D eigenvalue weighted by molar-refractivity contribution is 5.91. The molecule has 5 nitrogen and oxygen atoms in total. The number of amides is 2. The third kappa shape index (κ3) is 6.16. The van der Waals surface area contributed by atoms with E-state index in [4.69, 9.17) is 4.74 Å². The van der Waals surface area contributed by atoms with Gasteiger partial charge in [-0.3, -0.25) is 9.59 Å². The zero-order valence-corrected chi connectivity index (χ0v) is 13.9. The molecule has 0 spiro atoms. The maximum absolute atomic E-state index is 11.8. The van der Waals surface area contributed by atoms with E-state index in [9.17, 15) is 9.59 Å². The molecule has 1 aromatic rings. The molecule has 0 saturated carbocycles. The van der Waals surface area contributed by atoms with Crippen molar-refractivity contribution in [3.05, 3.63) is 24.3 Å². The summed E-state index contributed by atoms with van der Waals surface area (Å²) in [5.41, 5.74) is 0.799. The molecule has 0 aliphatic heterocycles. The fourth-order valence-electron chi connectivity index (χ4n) is 2.07. The lowest BCUT2D eigenvalue weighted by atomic mass is 10.2. The Hall–Kier alpha value is -2.04. The van der Waals surface area contributed by atoms with Crippen LogP contribution in [0.15, 0.2) is 24.3 Å². The molecule has 5 heteroatoms. The van der Waals surface area contributed by atoms with E-state index in [1.54, 1.807) is 4.90 Å². The summed E-state index contributed by atoms with van der Waals surface area (Å²) in [6.45, 7) is 8.32. The topological polar surface area (TPSA) is 58.6 Å². The summed E-state index contributed by atoms with van der Waals surface area (Å²) in [7, 11) is 0. The fraction of sp³-hybridized carbons (Fsp3) is 0.529.